The first-order valence-electron chi connectivity index (χ1n) is 42.2. The zero-order chi connectivity index (χ0) is 88.1. The lowest BCUT2D eigenvalue weighted by Gasteiger charge is -2.39. The smallest absolute Gasteiger partial charge is 0.330 e. The Kier molecular flexibility index (Phi) is 33.5. The van der Waals surface area contributed by atoms with Crippen LogP contribution in [0.3, 0.4) is 0 Å². The summed E-state index contributed by atoms with van der Waals surface area (Å²) in [5.74, 6) is 0.746. The number of Topliss-reactive ketones (excluding diaryl/α,β-unsaturated/α-hetero) is 1. The number of piperidine rings is 1. The van der Waals surface area contributed by atoms with Crippen LogP contribution in [0.15, 0.2) is 198 Å². The SMILES string of the molecule is CCC(CC)NC(=O)C1C=C2c3cccc4[nH]cc(c34)CC2N(C)C1.CCc1nc(C)nc(N)c1-c1ccc(N(C)Cc2ccccc2)c([N+](=O)[O-])c1.Cc1ccc(C(O)C(C)NC(C)CCc2ccccc2)cc1.Cc1ccc(C2(O)CCN(CCCC(=O)c3ccc(F)cc3)CC2)cc1.Cc1cn(C2CC(O)C(COP(C)(=O)O)O2)c(=O)[nH]c1=O. The summed E-state index contributed by atoms with van der Waals surface area (Å²) in [6, 6.07) is 55.0. The number of aromatic amines is 2. The van der Waals surface area contributed by atoms with E-state index in [1.807, 2.05) is 124 Å². The minimum atomic E-state index is -3.67. The second-order valence-electron chi connectivity index (χ2n) is 32.6. The van der Waals surface area contributed by atoms with Crippen molar-refractivity contribution in [3.8, 4) is 11.1 Å². The lowest BCUT2D eigenvalue weighted by Crippen LogP contribution is -2.48. The third-order valence-electron chi connectivity index (χ3n) is 23.1. The maximum atomic E-state index is 12.9. The van der Waals surface area contributed by atoms with Gasteiger partial charge in [-0.15, -0.1) is 0 Å². The highest BCUT2D eigenvalue weighted by molar-refractivity contribution is 7.51. The molecule has 0 bridgehead atoms. The van der Waals surface area contributed by atoms with Gasteiger partial charge in [-0.2, -0.15) is 0 Å². The van der Waals surface area contributed by atoms with Crippen molar-refractivity contribution in [2.24, 2.45) is 5.92 Å². The van der Waals surface area contributed by atoms with E-state index in [1.165, 1.54) is 67.2 Å². The van der Waals surface area contributed by atoms with Crippen LogP contribution in [0, 0.1) is 49.5 Å². The van der Waals surface area contributed by atoms with E-state index in [4.69, 9.17) is 19.9 Å². The number of rotatable bonds is 27. The molecular formula is C95H120FN12O13P. The molecule has 122 heavy (non-hydrogen) atoms. The number of benzene rings is 7. The standard InChI is InChI=1S/C22H26FNO2.C21H23N5O2.C21H27N3O.C20H27NO.C11H17N2O7P/c1-17-4-8-19(9-5-17)22(26)12-15-24(16-13-22)14-2-3-21(25)18-6-10-20(23)11-7-18;1-4-17-20(21(22)24-14(2)23-17)16-10-11-18(19(12-16)26(27)28)25(3)13-15-8-6-5-7-9-15;1-4-15(5-2)23-21(25)14-9-17-16-7-6-8-18-20(16)13(11-22-18)10-19(17)24(3)12-14;1-15-9-13-19(14-10-15)20(22)17(3)21-16(2)11-12-18-7-5-4-6-8-18;1-6-4-13(11(16)12-10(6)15)9-3-7(14)8(20-9)5-19-21(2,17)18/h4-11,26H,2-3,12-16H2,1H3;5-12H,4,13H2,1-3H3,(H2,22,23,24);6-9,11,14-15,19,22H,4-5,10,12H2,1-3H3,(H,23,25);4-10,13-14,16-17,20-22H,11-12H2,1-3H3;4,7-9,14H,3,5H2,1-2H3,(H,17,18)(H,12,15,16). The number of nitro benzene ring substituents is 1. The van der Waals surface area contributed by atoms with E-state index in [0.717, 1.165) is 93.8 Å². The molecule has 0 spiro atoms. The Bertz CT molecular complexity index is 5330. The molecule has 1 aliphatic carbocycles. The van der Waals surface area contributed by atoms with E-state index in [9.17, 15) is 53.6 Å². The van der Waals surface area contributed by atoms with Gasteiger partial charge in [-0.05, 0) is 194 Å². The zero-order valence-electron chi connectivity index (χ0n) is 72.1. The number of aliphatic hydroxyl groups excluding tert-OH is 2. The lowest BCUT2D eigenvalue weighted by atomic mass is 9.79. The number of hydrogen-bond donors (Lipinski definition) is 9. The third kappa shape index (κ3) is 25.6. The normalized spacial score (nSPS) is 18.4. The summed E-state index contributed by atoms with van der Waals surface area (Å²) in [6.07, 6.45) is 11.2. The van der Waals surface area contributed by atoms with Gasteiger partial charge in [-0.3, -0.25) is 43.5 Å². The van der Waals surface area contributed by atoms with E-state index in [0.29, 0.717) is 83.9 Å². The Morgan fingerprint density at radius 2 is 1.52 bits per heavy atom. The summed E-state index contributed by atoms with van der Waals surface area (Å²) in [5, 5.41) is 51.1. The van der Waals surface area contributed by atoms with Crippen LogP contribution < -0.4 is 32.5 Å². The van der Waals surface area contributed by atoms with Gasteiger partial charge in [0.05, 0.1) is 41.0 Å². The number of fused-ring (bicyclic) bond motifs is 2. The number of nitrogens with two attached hydrogens (primary N) is 1. The Morgan fingerprint density at radius 3 is 2.15 bits per heavy atom. The van der Waals surface area contributed by atoms with E-state index in [2.05, 4.69) is 130 Å². The minimum absolute atomic E-state index is 0.0259. The number of ether oxygens (including phenoxy) is 1. The number of aryl methyl sites for hydroxylation is 6. The van der Waals surface area contributed by atoms with Gasteiger partial charge in [-0.25, -0.2) is 19.2 Å². The second kappa shape index (κ2) is 43.5. The Balaban J connectivity index is 0.000000160. The van der Waals surface area contributed by atoms with Crippen LogP contribution in [0.5, 0.6) is 0 Å². The first-order chi connectivity index (χ1) is 58.2. The van der Waals surface area contributed by atoms with E-state index >= 15 is 0 Å². The van der Waals surface area contributed by atoms with Crippen LogP contribution in [-0.4, -0.2) is 161 Å². The van der Waals surface area contributed by atoms with Gasteiger partial charge in [0, 0.05) is 123 Å². The number of nitrogens with one attached hydrogen (secondary N) is 4. The number of H-pyrrole nitrogens is 2. The molecule has 10 aromatic rings. The molecule has 9 unspecified atom stereocenters. The predicted octanol–water partition coefficient (Wildman–Crippen LogP) is 14.9. The topological polar surface area (TPSA) is 350 Å². The maximum Gasteiger partial charge on any atom is 0.330 e. The van der Waals surface area contributed by atoms with Crippen LogP contribution in [0.4, 0.5) is 21.6 Å². The van der Waals surface area contributed by atoms with Crippen LogP contribution in [0.25, 0.3) is 27.6 Å². The number of likely N-dealkylation sites (tertiary alicyclic amines) is 1. The molecule has 0 saturated carbocycles. The lowest BCUT2D eigenvalue weighted by molar-refractivity contribution is -0.384. The fourth-order valence-corrected chi connectivity index (χ4v) is 16.4. The molecule has 27 heteroatoms. The monoisotopic (exact) mass is 1690 g/mol. The zero-order valence-corrected chi connectivity index (χ0v) is 73.0. The highest BCUT2D eigenvalue weighted by Gasteiger charge is 2.39. The van der Waals surface area contributed by atoms with Crippen LogP contribution in [0.2, 0.25) is 0 Å². The molecule has 0 radical (unpaired) electrons. The van der Waals surface area contributed by atoms with Crippen LogP contribution >= 0.6 is 7.60 Å². The van der Waals surface area contributed by atoms with Crippen molar-refractivity contribution >= 4 is 53.0 Å². The van der Waals surface area contributed by atoms with E-state index in [1.54, 1.807) is 38.1 Å². The third-order valence-corrected chi connectivity index (χ3v) is 23.8. The molecule has 9 atom stereocenters. The number of nitro groups is 1. The molecule has 3 aromatic heterocycles. The van der Waals surface area contributed by atoms with E-state index in [-0.39, 0.29) is 59.1 Å². The molecule has 2 saturated heterocycles. The largest absolute Gasteiger partial charge is 0.390 e. The number of ketones is 1. The summed E-state index contributed by atoms with van der Waals surface area (Å²) in [4.78, 5) is 89.2. The summed E-state index contributed by atoms with van der Waals surface area (Å²) in [7, 11) is 0.321. The highest BCUT2D eigenvalue weighted by Crippen LogP contribution is 2.43. The number of likely N-dealkylation sites (N-methyl/N-ethyl adjacent to an activating group) is 1. The number of nitrogens with zero attached hydrogens (tertiary/aromatic N) is 7. The number of nitrogen functional groups attached to an aromatic ring is 1. The molecule has 3 aliphatic heterocycles. The molecule has 6 heterocycles. The van der Waals surface area contributed by atoms with Crippen molar-refractivity contribution in [2.45, 2.75) is 194 Å². The van der Waals surface area contributed by atoms with Gasteiger partial charge in [0.2, 0.25) is 5.91 Å². The number of halogens is 1. The van der Waals surface area contributed by atoms with Gasteiger partial charge in [0.1, 0.15) is 35.5 Å². The van der Waals surface area contributed by atoms with Crippen molar-refractivity contribution < 1.29 is 52.9 Å². The quantitative estimate of drug-likeness (QED) is 0.00999. The van der Waals surface area contributed by atoms with Crippen molar-refractivity contribution in [1.29, 1.82) is 0 Å². The molecule has 2 fully saturated rings. The maximum absolute atomic E-state index is 12.9. The summed E-state index contributed by atoms with van der Waals surface area (Å²) in [5.41, 5.74) is 19.8. The van der Waals surface area contributed by atoms with E-state index < -0.39 is 49.0 Å². The van der Waals surface area contributed by atoms with Gasteiger partial charge in [0.15, 0.2) is 5.78 Å². The molecule has 14 rings (SSSR count). The average molecular weight is 1690 g/mol. The number of aromatic nitrogens is 5. The van der Waals surface area contributed by atoms with Crippen LogP contribution in [0.1, 0.15) is 170 Å². The minimum Gasteiger partial charge on any atom is -0.390 e. The predicted molar refractivity (Wildman–Crippen MR) is 480 cm³/mol. The molecular weight excluding hydrogens is 1570 g/mol. The van der Waals surface area contributed by atoms with Crippen LogP contribution in [-0.2, 0) is 50.0 Å². The average Bonchev–Trinajstić information content (AvgIpc) is 1.53. The molecule has 1 amide bonds. The highest BCUT2D eigenvalue weighted by atomic mass is 31.2. The number of aliphatic hydroxyl groups is 3. The van der Waals surface area contributed by atoms with Gasteiger partial charge >= 0.3 is 13.3 Å². The molecule has 10 N–H and O–H groups in total. The number of carbonyl (C=O) groups is 2. The summed E-state index contributed by atoms with van der Waals surface area (Å²) < 4.78 is 35.3. The van der Waals surface area contributed by atoms with Crippen molar-refractivity contribution in [3.05, 3.63) is 292 Å². The summed E-state index contributed by atoms with van der Waals surface area (Å²) in [6.45, 7) is 22.5. The Hall–Kier alpha value is -10.5. The fraction of sp³-hybridized carbons (Fsp3) is 0.411. The second-order valence-corrected chi connectivity index (χ2v) is 34.5. The Labute approximate surface area is 714 Å². The number of amides is 1. The molecule has 650 valence electrons. The molecule has 4 aliphatic rings. The first-order valence-corrected chi connectivity index (χ1v) is 44.2. The fourth-order valence-electron chi connectivity index (χ4n) is 16.0. The molecule has 7 aromatic carbocycles. The van der Waals surface area contributed by atoms with Gasteiger partial charge in [0.25, 0.3) is 11.2 Å². The summed E-state index contributed by atoms with van der Waals surface area (Å²) >= 11 is 0. The van der Waals surface area contributed by atoms with Crippen molar-refractivity contribution in [1.82, 2.24) is 44.9 Å². The number of carbonyl (C=O) groups excluding carboxylic acids is 2. The van der Waals surface area contributed by atoms with Crippen molar-refractivity contribution in [3.63, 3.8) is 0 Å². The van der Waals surface area contributed by atoms with Gasteiger partial charge in [-0.1, -0.05) is 165 Å². The van der Waals surface area contributed by atoms with Crippen molar-refractivity contribution in [2.75, 3.05) is 64.2 Å². The number of anilines is 2. The van der Waals surface area contributed by atoms with Gasteiger partial charge < -0.3 is 60.6 Å². The first kappa shape index (κ1) is 93.8. The Morgan fingerprint density at radius 1 is 0.869 bits per heavy atom. The number of hydrogen-bond acceptors (Lipinski definition) is 19. The molecule has 25 nitrogen and oxygen atoms in total.